The molecule has 3 aliphatic rings. The number of rotatable bonds is 51. The molecule has 5 amide bonds. The van der Waals surface area contributed by atoms with Gasteiger partial charge in [0.15, 0.2) is 0 Å². The lowest BCUT2D eigenvalue weighted by molar-refractivity contribution is -0.121. The van der Waals surface area contributed by atoms with Crippen molar-refractivity contribution in [2.75, 3.05) is 140 Å². The molecule has 9 N–H and O–H groups in total. The average Bonchev–Trinajstić information content (AvgIpc) is 0.808. The van der Waals surface area contributed by atoms with Crippen LogP contribution >= 0.6 is 0 Å². The molecule has 2 aromatic carbocycles. The first-order valence-corrected chi connectivity index (χ1v) is 52.2. The highest BCUT2D eigenvalue weighted by molar-refractivity contribution is 5.89. The van der Waals surface area contributed by atoms with E-state index in [0.717, 1.165) is 184 Å². The van der Waals surface area contributed by atoms with E-state index in [-0.39, 0.29) is 79.4 Å². The number of nitrogens with one attached hydrogen (secondary N) is 9. The third-order valence-corrected chi connectivity index (χ3v) is 22.9. The molecule has 3 saturated carbocycles. The Morgan fingerprint density at radius 2 is 0.645 bits per heavy atom. The summed E-state index contributed by atoms with van der Waals surface area (Å²) in [7, 11) is 14.5. The number of carbonyl (C=O) groups excluding carboxylic acids is 8. The fourth-order valence-electron chi connectivity index (χ4n) is 18.3. The van der Waals surface area contributed by atoms with E-state index in [0.29, 0.717) is 62.1 Å². The molecule has 141 heavy (non-hydrogen) atoms. The van der Waals surface area contributed by atoms with Crippen molar-refractivity contribution in [3.63, 3.8) is 0 Å². The van der Waals surface area contributed by atoms with E-state index in [2.05, 4.69) is 248 Å². The normalized spacial score (nSPS) is 18.9. The summed E-state index contributed by atoms with van der Waals surface area (Å²) in [6, 6.07) is 15.5. The van der Waals surface area contributed by atoms with Gasteiger partial charge in [-0.1, -0.05) is 261 Å². The summed E-state index contributed by atoms with van der Waals surface area (Å²) in [6.07, 6.45) is 67.4. The van der Waals surface area contributed by atoms with E-state index in [4.69, 9.17) is 18.9 Å². The number of carbonyl (C=O) groups is 8. The first-order chi connectivity index (χ1) is 66.7. The molecule has 8 atom stereocenters. The molecule has 21 nitrogen and oxygen atoms in total. The molecule has 5 rings (SSSR count). The molecule has 8 unspecified atom stereocenters. The minimum Gasteiger partial charge on any atom is -0.384 e. The van der Waals surface area contributed by atoms with Crippen molar-refractivity contribution >= 4 is 58.3 Å². The summed E-state index contributed by atoms with van der Waals surface area (Å²) in [5.74, 6) is 8.86. The Bertz CT molecular complexity index is 3580. The van der Waals surface area contributed by atoms with Crippen LogP contribution in [0.25, 0.3) is 0 Å². The van der Waals surface area contributed by atoms with Gasteiger partial charge in [0, 0.05) is 138 Å². The number of hydrogen-bond acceptors (Lipinski definition) is 16. The fourth-order valence-corrected chi connectivity index (χ4v) is 18.3. The summed E-state index contributed by atoms with van der Waals surface area (Å²) in [5.41, 5.74) is 5.05. The Kier molecular flexibility index (Phi) is 90.1. The van der Waals surface area contributed by atoms with Gasteiger partial charge in [-0.05, 0) is 263 Å². The maximum absolute atomic E-state index is 11.3. The highest BCUT2D eigenvalue weighted by Crippen LogP contribution is 2.52. The van der Waals surface area contributed by atoms with Gasteiger partial charge >= 0.3 is 0 Å². The Morgan fingerprint density at radius 1 is 0.362 bits per heavy atom. The van der Waals surface area contributed by atoms with Crippen molar-refractivity contribution in [3.05, 3.63) is 182 Å². The molecule has 0 bridgehead atoms. The van der Waals surface area contributed by atoms with Crippen LogP contribution in [0.3, 0.4) is 0 Å². The highest BCUT2D eigenvalue weighted by atomic mass is 16.5. The second-order valence-electron chi connectivity index (χ2n) is 41.5. The van der Waals surface area contributed by atoms with Gasteiger partial charge in [0.25, 0.3) is 0 Å². The first-order valence-electron chi connectivity index (χ1n) is 52.2. The third-order valence-electron chi connectivity index (χ3n) is 22.9. The number of amides is 5. The molecule has 3 aliphatic carbocycles. The van der Waals surface area contributed by atoms with Crippen LogP contribution in [0.4, 0.5) is 11.4 Å². The maximum Gasteiger partial charge on any atom is 0.221 e. The lowest BCUT2D eigenvalue weighted by Crippen LogP contribution is -2.43. The largest absolute Gasteiger partial charge is 0.384 e. The molecule has 0 spiro atoms. The molecular formula is C120H207N9O12. The van der Waals surface area contributed by atoms with Gasteiger partial charge in [-0.3, -0.25) is 24.0 Å². The van der Waals surface area contributed by atoms with Gasteiger partial charge in [0.2, 0.25) is 29.5 Å². The molecule has 0 aliphatic heterocycles. The average molecular weight is 1970 g/mol. The molecule has 0 heterocycles. The molecular weight excluding hydrogens is 1760 g/mol. The van der Waals surface area contributed by atoms with Crippen LogP contribution in [-0.2, 0) is 63.7 Å². The van der Waals surface area contributed by atoms with Crippen LogP contribution in [0.2, 0.25) is 0 Å². The summed E-state index contributed by atoms with van der Waals surface area (Å²) in [6.45, 7) is 57.9. The Labute approximate surface area is 862 Å². The van der Waals surface area contributed by atoms with Gasteiger partial charge in [0.05, 0.1) is 39.5 Å². The van der Waals surface area contributed by atoms with Crippen LogP contribution in [0.15, 0.2) is 171 Å². The lowest BCUT2D eigenvalue weighted by atomic mass is 9.60. The standard InChI is InChI=1S/C17H18N2O2.3C15H27NO2.2C14H24O2.C9H17N.C8H16.C7H15N.C6H12N2/c1-12(20)18-16-7-3-14(4-8-16)11-15-5-9-17(10-6-15)19-13(2)21;3*1-11(17)6-13-7-14(3,4)9-15(5,8-13)10-16-12(2)18;2*1-4-14(13-16-3)11-9-7-5-6-8-10-12-15-2;1-3-4-5-6-7-8-9-10-2;1-3-5-7-8-6-4-2;1-3-4-5-6-7-8-2;1-7-5-3-4-6-8-2/h3-10H,11H2,1-2H3,(H,18,20)(H,19,21);3*13H,6-10H2,1-5H3,(H,16,18);2*4,7-10,14H,1,5-6,11-13H2,2-3H3;5-8,10H,3-4,9H2,1-2H3;7-8H,3-6H2,1-2H3;5-6,8H,3-4,7H2,1-2H3;7-8H,5-6H2,1-2H3/b;;;;2*9-7-,10-8+;6-5+,8-7+;8-7-;6-5+;. The number of Topliss-reactive ketones (excluding diaryl/α,β-unsaturated/α-hetero) is 3. The number of unbranched alkanes of at least 4 members (excludes halogenated alkanes) is 6. The molecule has 3 fully saturated rings. The van der Waals surface area contributed by atoms with Crippen molar-refractivity contribution in [1.82, 2.24) is 37.2 Å². The smallest absolute Gasteiger partial charge is 0.221 e. The number of hydrogen-bond donors (Lipinski definition) is 9. The monoisotopic (exact) mass is 1970 g/mol. The second kappa shape index (κ2) is 90.2. The molecule has 804 valence electrons. The molecule has 0 saturated heterocycles. The van der Waals surface area contributed by atoms with E-state index in [1.165, 1.54) is 65.2 Å². The van der Waals surface area contributed by atoms with E-state index in [1.54, 1.807) is 70.0 Å². The lowest BCUT2D eigenvalue weighted by Gasteiger charge is -2.46. The minimum atomic E-state index is -0.0729. The topological polar surface area (TPSA) is 282 Å². The minimum absolute atomic E-state index is 0.0303. The number of ketones is 3. The Morgan fingerprint density at radius 3 is 0.908 bits per heavy atom. The SMILES string of the molecule is C=CC(C/C=C\CC/C=C/COC)COC.C=CC(C/C=C\CC/C=C/COC)COC.CC(=O)CC1CC(C)(C)CC(C)(CNC(C)=O)C1.CC(=O)CC1CC(C)(C)CC(C)(CNC(C)=O)C1.CC(=O)CC1CC(C)(C)CC(C)(CNC(C)=O)C1.CC(=O)Nc1ccc(Cc2ccc(NC(C)=O)cc2)cc1.CCC/C=C/C=C/CNC.CCC/C=C/CNC.CCC/C=C\CCC.CNCC#CCNC. The van der Waals surface area contributed by atoms with Gasteiger partial charge in [-0.25, -0.2) is 0 Å². The molecule has 2 aromatic rings. The summed E-state index contributed by atoms with van der Waals surface area (Å²) in [4.78, 5) is 89.2. The van der Waals surface area contributed by atoms with Crippen molar-refractivity contribution in [1.29, 1.82) is 0 Å². The van der Waals surface area contributed by atoms with Crippen molar-refractivity contribution in [2.45, 2.75) is 319 Å². The molecule has 21 heteroatoms. The molecule has 0 radical (unpaired) electrons. The maximum atomic E-state index is 11.3. The number of anilines is 2. The third kappa shape index (κ3) is 93.5. The van der Waals surface area contributed by atoms with Gasteiger partial charge in [0.1, 0.15) is 17.3 Å². The van der Waals surface area contributed by atoms with E-state index in [9.17, 15) is 38.4 Å². The zero-order valence-electron chi connectivity index (χ0n) is 94.6. The second-order valence-corrected chi connectivity index (χ2v) is 41.5. The van der Waals surface area contributed by atoms with E-state index in [1.807, 2.05) is 101 Å². The highest BCUT2D eigenvalue weighted by Gasteiger charge is 2.44. The predicted octanol–water partition coefficient (Wildman–Crippen LogP) is 25.0. The molecule has 0 aromatic heterocycles. The Balaban J connectivity index is -0.000000494. The van der Waals surface area contributed by atoms with Crippen LogP contribution in [-0.4, -0.2) is 176 Å². The van der Waals surface area contributed by atoms with E-state index < -0.39 is 0 Å². The van der Waals surface area contributed by atoms with Crippen LogP contribution < -0.4 is 47.9 Å². The van der Waals surface area contributed by atoms with Gasteiger partial charge in [-0.15, -0.1) is 13.2 Å². The fraction of sp³-hybridized carbons (Fsp3) is 0.650. The number of ether oxygens (including phenoxy) is 4. The summed E-state index contributed by atoms with van der Waals surface area (Å²) < 4.78 is 20.0. The van der Waals surface area contributed by atoms with Crippen LogP contribution in [0, 0.1) is 73.9 Å². The van der Waals surface area contributed by atoms with Crippen molar-refractivity contribution in [3.8, 4) is 11.8 Å². The number of allylic oxidation sites excluding steroid dienone is 12. The predicted molar refractivity (Wildman–Crippen MR) is 603 cm³/mol. The zero-order chi connectivity index (χ0) is 108. The van der Waals surface area contributed by atoms with Crippen molar-refractivity contribution < 1.29 is 57.3 Å². The van der Waals surface area contributed by atoms with E-state index >= 15 is 0 Å². The van der Waals surface area contributed by atoms with Crippen LogP contribution in [0.1, 0.15) is 323 Å². The quantitative estimate of drug-likeness (QED) is 0.0129. The first kappa shape index (κ1) is 141. The summed E-state index contributed by atoms with van der Waals surface area (Å²) in [5, 5.41) is 26.2. The van der Waals surface area contributed by atoms with Gasteiger partial charge in [-0.2, -0.15) is 0 Å². The van der Waals surface area contributed by atoms with Gasteiger partial charge < -0.3 is 81.2 Å². The van der Waals surface area contributed by atoms with Crippen molar-refractivity contribution in [2.24, 2.45) is 62.1 Å². The number of methoxy groups -OCH3 is 4. The zero-order valence-corrected chi connectivity index (χ0v) is 94.6. The number of likely N-dealkylation sites (N-methyl/N-ethyl adjacent to an activating group) is 2. The van der Waals surface area contributed by atoms with Crippen LogP contribution in [0.5, 0.6) is 0 Å². The summed E-state index contributed by atoms with van der Waals surface area (Å²) >= 11 is 0. The Hall–Kier alpha value is -8.56. The number of benzene rings is 2.